The van der Waals surface area contributed by atoms with Crippen molar-refractivity contribution in [2.45, 2.75) is 11.0 Å². The van der Waals surface area contributed by atoms with Crippen molar-refractivity contribution in [1.29, 1.82) is 0 Å². The van der Waals surface area contributed by atoms with E-state index in [9.17, 15) is 10.1 Å². The number of hydrogen-bond acceptors (Lipinski definition) is 4. The molecule has 0 unspecified atom stereocenters. The molecule has 1 saturated heterocycles. The molecule has 6 nitrogen and oxygen atoms in total. The van der Waals surface area contributed by atoms with E-state index in [4.69, 9.17) is 0 Å². The van der Waals surface area contributed by atoms with E-state index in [1.54, 1.807) is 0 Å². The fraction of sp³-hybridized carbons (Fsp3) is 0.400. The fourth-order valence-corrected chi connectivity index (χ4v) is 3.00. The summed E-state index contributed by atoms with van der Waals surface area (Å²) in [5.74, 6) is 0.839. The second-order valence-corrected chi connectivity index (χ2v) is 5.51. The Labute approximate surface area is 122 Å². The zero-order valence-corrected chi connectivity index (χ0v) is 12.4. The Morgan fingerprint density at radius 3 is 3.06 bits per heavy atom. The molecule has 0 spiro atoms. The summed E-state index contributed by atoms with van der Waals surface area (Å²) >= 11 is 3.68. The highest BCUT2D eigenvalue weighted by molar-refractivity contribution is 14.1. The van der Waals surface area contributed by atoms with E-state index >= 15 is 0 Å². The third-order valence-electron chi connectivity index (χ3n) is 2.43. The third-order valence-corrected chi connectivity index (χ3v) is 4.19. The molecule has 96 valence electrons. The van der Waals surface area contributed by atoms with Crippen molar-refractivity contribution in [3.05, 3.63) is 39.7 Å². The minimum Gasteiger partial charge on any atom is -0.341 e. The number of pyridine rings is 1. The monoisotopic (exact) mass is 378 g/mol. The standard InChI is InChI=1S/C10H11IN4O2S/c11-5-9-2-1-8(6-12-9)7-14-3-4-18-10(14)13-15(16)17/h1-2,6H,3-5,7H2/b13-10-. The summed E-state index contributed by atoms with van der Waals surface area (Å²) in [5.41, 5.74) is 2.08. The van der Waals surface area contributed by atoms with Crippen LogP contribution in [0.3, 0.4) is 0 Å². The van der Waals surface area contributed by atoms with Gasteiger partial charge in [0.1, 0.15) is 0 Å². The summed E-state index contributed by atoms with van der Waals surface area (Å²) in [6, 6.07) is 3.99. The summed E-state index contributed by atoms with van der Waals surface area (Å²) in [7, 11) is 0. The van der Waals surface area contributed by atoms with Crippen molar-refractivity contribution in [3.8, 4) is 0 Å². The first-order valence-electron chi connectivity index (χ1n) is 5.29. The highest BCUT2D eigenvalue weighted by Gasteiger charge is 2.22. The van der Waals surface area contributed by atoms with Gasteiger partial charge in [0.05, 0.1) is 10.8 Å². The first-order valence-corrected chi connectivity index (χ1v) is 7.80. The van der Waals surface area contributed by atoms with Crippen molar-refractivity contribution in [2.75, 3.05) is 12.3 Å². The number of hydrazone groups is 1. The molecular weight excluding hydrogens is 367 g/mol. The largest absolute Gasteiger partial charge is 0.341 e. The lowest BCUT2D eigenvalue weighted by molar-refractivity contribution is -0.485. The Morgan fingerprint density at radius 1 is 1.61 bits per heavy atom. The summed E-state index contributed by atoms with van der Waals surface area (Å²) in [6.07, 6.45) is 1.82. The van der Waals surface area contributed by atoms with Crippen LogP contribution in [0.5, 0.6) is 0 Å². The highest BCUT2D eigenvalue weighted by Crippen LogP contribution is 2.20. The summed E-state index contributed by atoms with van der Waals surface area (Å²) < 4.78 is 0.881. The maximum absolute atomic E-state index is 10.4. The van der Waals surface area contributed by atoms with Gasteiger partial charge in [-0.3, -0.25) is 4.98 Å². The Hall–Kier alpha value is -0.900. The minimum atomic E-state index is -0.641. The van der Waals surface area contributed by atoms with Crippen LogP contribution in [0.1, 0.15) is 11.3 Å². The summed E-state index contributed by atoms with van der Waals surface area (Å²) in [5, 5.41) is 13.6. The second kappa shape index (κ2) is 6.32. The number of nitrogens with zero attached hydrogens (tertiary/aromatic N) is 4. The molecule has 1 aliphatic heterocycles. The lowest BCUT2D eigenvalue weighted by Crippen LogP contribution is -2.24. The predicted octanol–water partition coefficient (Wildman–Crippen LogP) is 2.11. The Morgan fingerprint density at radius 2 is 2.44 bits per heavy atom. The quantitative estimate of drug-likeness (QED) is 0.347. The molecule has 0 N–H and O–H groups in total. The molecule has 1 aliphatic rings. The molecule has 0 atom stereocenters. The molecule has 2 heterocycles. The molecule has 0 aliphatic carbocycles. The number of aromatic nitrogens is 1. The third kappa shape index (κ3) is 3.55. The van der Waals surface area contributed by atoms with Crippen LogP contribution in [-0.4, -0.2) is 32.4 Å². The molecule has 0 aromatic carbocycles. The van der Waals surface area contributed by atoms with Gasteiger partial charge in [0, 0.05) is 29.5 Å². The van der Waals surface area contributed by atoms with E-state index in [1.165, 1.54) is 11.8 Å². The predicted molar refractivity (Wildman–Crippen MR) is 79.3 cm³/mol. The average molecular weight is 378 g/mol. The summed E-state index contributed by atoms with van der Waals surface area (Å²) in [4.78, 5) is 16.6. The van der Waals surface area contributed by atoms with Gasteiger partial charge in [-0.05, 0) is 11.6 Å². The number of alkyl halides is 1. The lowest BCUT2D eigenvalue weighted by Gasteiger charge is -2.15. The van der Waals surface area contributed by atoms with Crippen LogP contribution in [0.4, 0.5) is 0 Å². The van der Waals surface area contributed by atoms with Crippen molar-refractivity contribution >= 4 is 39.5 Å². The van der Waals surface area contributed by atoms with Crippen molar-refractivity contribution in [2.24, 2.45) is 5.10 Å². The molecule has 0 amide bonds. The van der Waals surface area contributed by atoms with Gasteiger partial charge < -0.3 is 4.90 Å². The van der Waals surface area contributed by atoms with E-state index in [1.807, 2.05) is 23.2 Å². The first-order chi connectivity index (χ1) is 8.69. The number of thioether (sulfide) groups is 1. The Bertz CT molecular complexity index is 465. The lowest BCUT2D eigenvalue weighted by atomic mass is 10.2. The number of amidine groups is 1. The smallest absolute Gasteiger partial charge is 0.238 e. The maximum Gasteiger partial charge on any atom is 0.238 e. The highest BCUT2D eigenvalue weighted by atomic mass is 127. The molecule has 1 fully saturated rings. The van der Waals surface area contributed by atoms with E-state index < -0.39 is 5.03 Å². The second-order valence-electron chi connectivity index (χ2n) is 3.68. The zero-order chi connectivity index (χ0) is 13.0. The molecule has 2 rings (SSSR count). The van der Waals surface area contributed by atoms with Crippen LogP contribution in [0.25, 0.3) is 0 Å². The van der Waals surface area contributed by atoms with Gasteiger partial charge in [0.15, 0.2) is 5.03 Å². The molecule has 8 heteroatoms. The van der Waals surface area contributed by atoms with Crippen molar-refractivity contribution in [1.82, 2.24) is 9.88 Å². The number of halogens is 1. The van der Waals surface area contributed by atoms with E-state index in [2.05, 4.69) is 32.7 Å². The fourth-order valence-electron chi connectivity index (χ4n) is 1.59. The van der Waals surface area contributed by atoms with Gasteiger partial charge in [0.25, 0.3) is 0 Å². The Balaban J connectivity index is 2.05. The van der Waals surface area contributed by atoms with Gasteiger partial charge in [-0.25, -0.2) is 10.1 Å². The van der Waals surface area contributed by atoms with Crippen molar-refractivity contribution in [3.63, 3.8) is 0 Å². The first kappa shape index (κ1) is 13.5. The minimum absolute atomic E-state index is 0.484. The number of rotatable bonds is 4. The van der Waals surface area contributed by atoms with Gasteiger partial charge in [-0.15, -0.1) is 0 Å². The average Bonchev–Trinajstić information content (AvgIpc) is 2.77. The van der Waals surface area contributed by atoms with Gasteiger partial charge in [0.2, 0.25) is 5.17 Å². The van der Waals surface area contributed by atoms with E-state index in [0.29, 0.717) is 11.7 Å². The van der Waals surface area contributed by atoms with Gasteiger partial charge >= 0.3 is 0 Å². The number of hydrogen-bond donors (Lipinski definition) is 0. The topological polar surface area (TPSA) is 71.6 Å². The van der Waals surface area contributed by atoms with E-state index in [0.717, 1.165) is 28.0 Å². The van der Waals surface area contributed by atoms with Crippen LogP contribution in [-0.2, 0) is 11.0 Å². The van der Waals surface area contributed by atoms with Gasteiger partial charge in [-0.1, -0.05) is 40.4 Å². The van der Waals surface area contributed by atoms with Gasteiger partial charge in [-0.2, -0.15) is 0 Å². The van der Waals surface area contributed by atoms with Crippen LogP contribution < -0.4 is 0 Å². The normalized spacial score (nSPS) is 17.4. The maximum atomic E-state index is 10.4. The molecule has 0 saturated carbocycles. The SMILES string of the molecule is O=[N+]([O-])/N=C1\SCCN1Cc1ccc(CI)nc1. The molecule has 0 bridgehead atoms. The molecular formula is C10H11IN4O2S. The van der Waals surface area contributed by atoms with Crippen molar-refractivity contribution < 1.29 is 5.03 Å². The zero-order valence-electron chi connectivity index (χ0n) is 9.45. The molecule has 1 aromatic heterocycles. The van der Waals surface area contributed by atoms with Crippen LogP contribution in [0.15, 0.2) is 23.4 Å². The summed E-state index contributed by atoms with van der Waals surface area (Å²) in [6.45, 7) is 1.40. The van der Waals surface area contributed by atoms with Crippen LogP contribution in [0.2, 0.25) is 0 Å². The molecule has 0 radical (unpaired) electrons. The van der Waals surface area contributed by atoms with E-state index in [-0.39, 0.29) is 0 Å². The number of nitro groups is 1. The molecule has 18 heavy (non-hydrogen) atoms. The molecule has 1 aromatic rings. The Kier molecular flexibility index (Phi) is 4.75. The van der Waals surface area contributed by atoms with Crippen LogP contribution >= 0.6 is 34.4 Å². The van der Waals surface area contributed by atoms with Crippen LogP contribution in [0, 0.1) is 10.1 Å².